The molecule has 140 valence electrons. The topological polar surface area (TPSA) is 80.3 Å². The number of alkyl halides is 1. The maximum absolute atomic E-state index is 12.1. The molecule has 27 heavy (non-hydrogen) atoms. The molecule has 1 atom stereocenters. The van der Waals surface area contributed by atoms with E-state index in [1.807, 2.05) is 30.3 Å². The Morgan fingerprint density at radius 3 is 2.70 bits per heavy atom. The summed E-state index contributed by atoms with van der Waals surface area (Å²) in [4.78, 5) is 25.7. The summed E-state index contributed by atoms with van der Waals surface area (Å²) in [5.74, 6) is 0.736. The molecule has 1 N–H and O–H groups in total. The Kier molecular flexibility index (Phi) is 4.96. The van der Waals surface area contributed by atoms with Crippen molar-refractivity contribution in [3.63, 3.8) is 0 Å². The van der Waals surface area contributed by atoms with Gasteiger partial charge in [0, 0.05) is 13.1 Å². The van der Waals surface area contributed by atoms with Gasteiger partial charge < -0.3 is 19.4 Å². The fourth-order valence-electron chi connectivity index (χ4n) is 3.16. The summed E-state index contributed by atoms with van der Waals surface area (Å²) in [6.45, 7) is 2.94. The first kappa shape index (κ1) is 17.8. The van der Waals surface area contributed by atoms with Crippen molar-refractivity contribution >= 4 is 28.3 Å². The van der Waals surface area contributed by atoms with Gasteiger partial charge in [0.05, 0.1) is 43.4 Å². The van der Waals surface area contributed by atoms with Crippen LogP contribution in [0.25, 0.3) is 11.0 Å². The number of methoxy groups -OCH3 is 1. The van der Waals surface area contributed by atoms with E-state index >= 15 is 0 Å². The van der Waals surface area contributed by atoms with Gasteiger partial charge in [0.15, 0.2) is 0 Å². The molecule has 2 aromatic heterocycles. The number of H-pyrrole nitrogens is 1. The third kappa shape index (κ3) is 3.61. The number of fused-ring (bicyclic) bond motifs is 1. The molecular formula is C19H19ClN4O3. The van der Waals surface area contributed by atoms with Gasteiger partial charge in [0.25, 0.3) is 0 Å². The third-order valence-electron chi connectivity index (χ3n) is 4.60. The van der Waals surface area contributed by atoms with E-state index in [-0.39, 0.29) is 0 Å². The Balaban J connectivity index is 1.74. The second-order valence-electron chi connectivity index (χ2n) is 6.25. The van der Waals surface area contributed by atoms with Crippen molar-refractivity contribution < 1.29 is 9.47 Å². The van der Waals surface area contributed by atoms with Gasteiger partial charge in [-0.15, -0.1) is 11.6 Å². The van der Waals surface area contributed by atoms with Gasteiger partial charge in [-0.2, -0.15) is 4.98 Å². The number of pyridine rings is 1. The molecule has 1 fully saturated rings. The molecule has 3 aromatic rings. The van der Waals surface area contributed by atoms with Crippen LogP contribution in [0, 0.1) is 0 Å². The van der Waals surface area contributed by atoms with Crippen LogP contribution in [-0.4, -0.2) is 48.4 Å². The van der Waals surface area contributed by atoms with Crippen LogP contribution in [0.5, 0.6) is 5.75 Å². The molecule has 0 amide bonds. The van der Waals surface area contributed by atoms with Crippen LogP contribution in [0.4, 0.5) is 5.69 Å². The molecule has 0 aliphatic carbocycles. The Morgan fingerprint density at radius 2 is 2.00 bits per heavy atom. The summed E-state index contributed by atoms with van der Waals surface area (Å²) in [5.41, 5.74) is 2.95. The summed E-state index contributed by atoms with van der Waals surface area (Å²) in [7, 11) is 1.61. The number of anilines is 1. The predicted molar refractivity (Wildman–Crippen MR) is 104 cm³/mol. The normalized spacial score (nSPS) is 15.7. The highest BCUT2D eigenvalue weighted by molar-refractivity contribution is 6.23. The second kappa shape index (κ2) is 7.54. The van der Waals surface area contributed by atoms with E-state index in [1.54, 1.807) is 13.3 Å². The van der Waals surface area contributed by atoms with Crippen LogP contribution in [0.2, 0.25) is 0 Å². The quantitative estimate of drug-likeness (QED) is 0.694. The molecule has 3 heterocycles. The van der Waals surface area contributed by atoms with Crippen molar-refractivity contribution in [2.24, 2.45) is 0 Å². The highest BCUT2D eigenvalue weighted by Gasteiger charge is 2.20. The number of rotatable bonds is 4. The molecule has 0 spiro atoms. The van der Waals surface area contributed by atoms with Gasteiger partial charge in [0.1, 0.15) is 16.6 Å². The van der Waals surface area contributed by atoms with E-state index in [4.69, 9.17) is 21.1 Å². The maximum atomic E-state index is 12.1. The van der Waals surface area contributed by atoms with Crippen LogP contribution >= 0.6 is 11.6 Å². The summed E-state index contributed by atoms with van der Waals surface area (Å²) < 4.78 is 10.6. The standard InChI is InChI=1S/C19H19ClN4O3/c1-26-14-4-2-12(3-5-14)16(20)18-17-15(22-19(25)23-18)10-13(11-21-17)24-6-8-27-9-7-24/h2-5,10-11,16H,6-9H2,1H3,(H,22,23,25). The second-order valence-corrected chi connectivity index (χ2v) is 6.69. The van der Waals surface area contributed by atoms with Gasteiger partial charge in [-0.25, -0.2) is 4.79 Å². The number of morpholine rings is 1. The van der Waals surface area contributed by atoms with Crippen LogP contribution in [0.3, 0.4) is 0 Å². The zero-order valence-electron chi connectivity index (χ0n) is 14.8. The minimum absolute atomic E-state index is 0.439. The molecule has 8 heteroatoms. The summed E-state index contributed by atoms with van der Waals surface area (Å²) >= 11 is 6.64. The molecule has 0 radical (unpaired) electrons. The minimum Gasteiger partial charge on any atom is -0.497 e. The van der Waals surface area contributed by atoms with E-state index in [2.05, 4.69) is 19.9 Å². The number of ether oxygens (including phenoxy) is 2. The first-order valence-electron chi connectivity index (χ1n) is 8.66. The van der Waals surface area contributed by atoms with Crippen LogP contribution in [0.1, 0.15) is 16.6 Å². The molecular weight excluding hydrogens is 368 g/mol. The van der Waals surface area contributed by atoms with E-state index in [0.717, 1.165) is 30.1 Å². The zero-order chi connectivity index (χ0) is 18.8. The van der Waals surface area contributed by atoms with Crippen molar-refractivity contribution in [2.45, 2.75) is 5.38 Å². The minimum atomic E-state index is -0.595. The first-order valence-corrected chi connectivity index (χ1v) is 9.10. The molecule has 1 saturated heterocycles. The molecule has 0 saturated carbocycles. The van der Waals surface area contributed by atoms with E-state index in [9.17, 15) is 4.79 Å². The Labute approximate surface area is 160 Å². The van der Waals surface area contributed by atoms with Crippen molar-refractivity contribution in [1.29, 1.82) is 0 Å². The van der Waals surface area contributed by atoms with Crippen LogP contribution in [0.15, 0.2) is 41.3 Å². The highest BCUT2D eigenvalue weighted by Crippen LogP contribution is 2.32. The fraction of sp³-hybridized carbons (Fsp3) is 0.316. The first-order chi connectivity index (χ1) is 13.2. The lowest BCUT2D eigenvalue weighted by Gasteiger charge is -2.28. The number of aromatic amines is 1. The number of nitrogens with zero attached hydrogens (tertiary/aromatic N) is 3. The van der Waals surface area contributed by atoms with Crippen molar-refractivity contribution in [1.82, 2.24) is 15.0 Å². The summed E-state index contributed by atoms with van der Waals surface area (Å²) in [5, 5.41) is -0.595. The summed E-state index contributed by atoms with van der Waals surface area (Å²) in [6, 6.07) is 9.27. The van der Waals surface area contributed by atoms with Gasteiger partial charge in [-0.05, 0) is 23.8 Å². The van der Waals surface area contributed by atoms with E-state index in [1.165, 1.54) is 0 Å². The Bertz CT molecular complexity index is 1000. The molecule has 1 aliphatic rings. The number of nitrogens with one attached hydrogen (secondary N) is 1. The molecule has 1 aromatic carbocycles. The predicted octanol–water partition coefficient (Wildman–Crippen LogP) is 2.49. The summed E-state index contributed by atoms with van der Waals surface area (Å²) in [6.07, 6.45) is 1.79. The van der Waals surface area contributed by atoms with Gasteiger partial charge >= 0.3 is 5.69 Å². The smallest absolute Gasteiger partial charge is 0.345 e. The number of benzene rings is 1. The fourth-order valence-corrected chi connectivity index (χ4v) is 3.46. The van der Waals surface area contributed by atoms with Gasteiger partial charge in [0.2, 0.25) is 0 Å². The van der Waals surface area contributed by atoms with Crippen LogP contribution < -0.4 is 15.3 Å². The van der Waals surface area contributed by atoms with E-state index in [0.29, 0.717) is 29.9 Å². The lowest BCUT2D eigenvalue weighted by molar-refractivity contribution is 0.122. The largest absolute Gasteiger partial charge is 0.497 e. The maximum Gasteiger partial charge on any atom is 0.345 e. The zero-order valence-corrected chi connectivity index (χ0v) is 15.6. The van der Waals surface area contributed by atoms with Crippen LogP contribution in [-0.2, 0) is 4.74 Å². The lowest BCUT2D eigenvalue weighted by atomic mass is 10.1. The van der Waals surface area contributed by atoms with E-state index < -0.39 is 11.1 Å². The number of halogens is 1. The molecule has 1 unspecified atom stereocenters. The van der Waals surface area contributed by atoms with Gasteiger partial charge in [-0.3, -0.25) is 4.98 Å². The van der Waals surface area contributed by atoms with Gasteiger partial charge in [-0.1, -0.05) is 12.1 Å². The number of aromatic nitrogens is 3. The molecule has 1 aliphatic heterocycles. The molecule has 7 nitrogen and oxygen atoms in total. The molecule has 0 bridgehead atoms. The Hall–Kier alpha value is -2.64. The van der Waals surface area contributed by atoms with Crippen molar-refractivity contribution in [3.05, 3.63) is 58.3 Å². The van der Waals surface area contributed by atoms with Crippen molar-refractivity contribution in [3.8, 4) is 5.75 Å². The average Bonchev–Trinajstić information content (AvgIpc) is 2.73. The SMILES string of the molecule is COc1ccc(C(Cl)c2nc(=O)[nH]c3cc(N4CCOCC4)cnc23)cc1. The number of hydrogen-bond acceptors (Lipinski definition) is 6. The lowest BCUT2D eigenvalue weighted by Crippen LogP contribution is -2.36. The Morgan fingerprint density at radius 1 is 1.26 bits per heavy atom. The monoisotopic (exact) mass is 386 g/mol. The number of hydrogen-bond donors (Lipinski definition) is 1. The third-order valence-corrected chi connectivity index (χ3v) is 5.06. The van der Waals surface area contributed by atoms with Crippen molar-refractivity contribution in [2.75, 3.05) is 38.3 Å². The highest BCUT2D eigenvalue weighted by atomic mass is 35.5. The average molecular weight is 387 g/mol. The molecule has 4 rings (SSSR count).